The summed E-state index contributed by atoms with van der Waals surface area (Å²) in [5.74, 6) is -0.255. The van der Waals surface area contributed by atoms with Crippen LogP contribution in [0.1, 0.15) is 48.5 Å². The van der Waals surface area contributed by atoms with Gasteiger partial charge in [-0.15, -0.1) is 0 Å². The van der Waals surface area contributed by atoms with Gasteiger partial charge in [0.2, 0.25) is 0 Å². The van der Waals surface area contributed by atoms with Crippen LogP contribution in [-0.4, -0.2) is 46.5 Å². The number of carbonyl (C=O) groups excluding carboxylic acids is 2. The summed E-state index contributed by atoms with van der Waals surface area (Å²) in [7, 11) is 0. The summed E-state index contributed by atoms with van der Waals surface area (Å²) in [6, 6.07) is 0. The van der Waals surface area contributed by atoms with E-state index in [1.54, 1.807) is 48.5 Å². The van der Waals surface area contributed by atoms with E-state index in [9.17, 15) is 9.59 Å². The predicted octanol–water partition coefficient (Wildman–Crippen LogP) is 2.79. The Hall–Kier alpha value is -1.30. The van der Waals surface area contributed by atoms with E-state index in [-0.39, 0.29) is 19.1 Å². The molecule has 0 spiro atoms. The number of rotatable bonds is 3. The summed E-state index contributed by atoms with van der Waals surface area (Å²) in [6.45, 7) is 11.9. The van der Waals surface area contributed by atoms with Crippen molar-refractivity contribution in [2.24, 2.45) is 5.92 Å². The first-order chi connectivity index (χ1) is 8.85. The maximum Gasteiger partial charge on any atom is 0.419 e. The second kappa shape index (κ2) is 6.92. The van der Waals surface area contributed by atoms with Gasteiger partial charge in [0.1, 0.15) is 11.2 Å². The van der Waals surface area contributed by atoms with Crippen molar-refractivity contribution < 1.29 is 24.2 Å². The molecule has 6 nitrogen and oxygen atoms in total. The summed E-state index contributed by atoms with van der Waals surface area (Å²) >= 11 is 0. The van der Waals surface area contributed by atoms with Gasteiger partial charge in [0.05, 0.1) is 0 Å². The van der Waals surface area contributed by atoms with Crippen molar-refractivity contribution in [3.05, 3.63) is 0 Å². The number of amides is 2. The minimum absolute atomic E-state index is 0.0420. The number of carbonyl (C=O) groups is 2. The molecule has 1 N–H and O–H groups in total. The lowest BCUT2D eigenvalue weighted by atomic mass is 10.2. The monoisotopic (exact) mass is 289 g/mol. The molecule has 0 heterocycles. The Balaban J connectivity index is 4.98. The van der Waals surface area contributed by atoms with Crippen molar-refractivity contribution in [3.8, 4) is 0 Å². The normalized spacial score (nSPS) is 13.6. The van der Waals surface area contributed by atoms with Crippen LogP contribution in [0, 0.1) is 5.92 Å². The molecule has 6 heteroatoms. The van der Waals surface area contributed by atoms with Gasteiger partial charge in [-0.3, -0.25) is 0 Å². The number of nitrogens with zero attached hydrogens (tertiary/aromatic N) is 1. The van der Waals surface area contributed by atoms with Gasteiger partial charge in [-0.25, -0.2) is 14.5 Å². The fourth-order valence-corrected chi connectivity index (χ4v) is 1.23. The molecule has 0 aliphatic rings. The zero-order chi connectivity index (χ0) is 16.1. The molecule has 1 atom stereocenters. The van der Waals surface area contributed by atoms with Gasteiger partial charge in [-0.05, 0) is 47.5 Å². The molecule has 0 aliphatic heterocycles. The number of hydrogen-bond acceptors (Lipinski definition) is 5. The Morgan fingerprint density at radius 3 is 1.60 bits per heavy atom. The predicted molar refractivity (Wildman–Crippen MR) is 75.4 cm³/mol. The Kier molecular flexibility index (Phi) is 6.47. The minimum atomic E-state index is -0.771. The molecule has 20 heavy (non-hydrogen) atoms. The molecule has 0 saturated heterocycles. The highest BCUT2D eigenvalue weighted by molar-refractivity contribution is 5.88. The largest absolute Gasteiger partial charge is 0.443 e. The Morgan fingerprint density at radius 2 is 1.35 bits per heavy atom. The van der Waals surface area contributed by atoms with Crippen LogP contribution in [0.15, 0.2) is 0 Å². The van der Waals surface area contributed by atoms with Crippen molar-refractivity contribution in [2.45, 2.75) is 59.7 Å². The van der Waals surface area contributed by atoms with E-state index in [0.717, 1.165) is 4.90 Å². The van der Waals surface area contributed by atoms with Crippen LogP contribution in [0.25, 0.3) is 0 Å². The molecule has 0 aromatic carbocycles. The van der Waals surface area contributed by atoms with E-state index >= 15 is 0 Å². The average molecular weight is 289 g/mol. The van der Waals surface area contributed by atoms with E-state index in [1.807, 2.05) is 0 Å². The van der Waals surface area contributed by atoms with E-state index in [4.69, 9.17) is 14.6 Å². The second-order valence-electron chi connectivity index (χ2n) is 6.86. The Labute approximate surface area is 121 Å². The third-order valence-electron chi connectivity index (χ3n) is 2.03. The molecule has 0 saturated carbocycles. The summed E-state index contributed by atoms with van der Waals surface area (Å²) < 4.78 is 10.4. The number of ether oxygens (including phenoxy) is 2. The van der Waals surface area contributed by atoms with Crippen molar-refractivity contribution in [1.82, 2.24) is 4.90 Å². The first-order valence-corrected chi connectivity index (χ1v) is 6.70. The molecule has 118 valence electrons. The third kappa shape index (κ3) is 7.99. The first-order valence-electron chi connectivity index (χ1n) is 6.70. The molecular formula is C14H27NO5. The molecule has 2 amide bonds. The average Bonchev–Trinajstić information content (AvgIpc) is 2.19. The van der Waals surface area contributed by atoms with Crippen molar-refractivity contribution in [1.29, 1.82) is 0 Å². The number of imide groups is 1. The molecule has 0 radical (unpaired) electrons. The van der Waals surface area contributed by atoms with Crippen LogP contribution < -0.4 is 0 Å². The molecule has 0 fully saturated rings. The standard InChI is InChI=1S/C14H27NO5/c1-10(9-16)8-15(11(17)19-13(2,3)4)12(18)20-14(5,6)7/h10,16H,8-9H2,1-7H3. The third-order valence-corrected chi connectivity index (χ3v) is 2.03. The highest BCUT2D eigenvalue weighted by Crippen LogP contribution is 2.15. The highest BCUT2D eigenvalue weighted by Gasteiger charge is 2.31. The van der Waals surface area contributed by atoms with E-state index < -0.39 is 23.4 Å². The van der Waals surface area contributed by atoms with E-state index in [0.29, 0.717) is 0 Å². The summed E-state index contributed by atoms with van der Waals surface area (Å²) in [5.41, 5.74) is -1.42. The van der Waals surface area contributed by atoms with Gasteiger partial charge in [0.15, 0.2) is 0 Å². The lowest BCUT2D eigenvalue weighted by Crippen LogP contribution is -2.45. The van der Waals surface area contributed by atoms with Gasteiger partial charge in [-0.1, -0.05) is 6.92 Å². The van der Waals surface area contributed by atoms with Crippen LogP contribution in [0.2, 0.25) is 0 Å². The van der Waals surface area contributed by atoms with Gasteiger partial charge in [-0.2, -0.15) is 0 Å². The minimum Gasteiger partial charge on any atom is -0.443 e. The summed E-state index contributed by atoms with van der Waals surface area (Å²) in [5, 5.41) is 9.08. The zero-order valence-corrected chi connectivity index (χ0v) is 13.5. The lowest BCUT2D eigenvalue weighted by molar-refractivity contribution is -0.00237. The Bertz CT molecular complexity index is 312. The maximum absolute atomic E-state index is 12.1. The fourth-order valence-electron chi connectivity index (χ4n) is 1.23. The van der Waals surface area contributed by atoms with Crippen LogP contribution in [0.4, 0.5) is 9.59 Å². The number of aliphatic hydroxyl groups is 1. The first kappa shape index (κ1) is 18.7. The molecule has 0 aliphatic carbocycles. The summed E-state index contributed by atoms with van der Waals surface area (Å²) in [4.78, 5) is 25.0. The van der Waals surface area contributed by atoms with Gasteiger partial charge in [0.25, 0.3) is 0 Å². The van der Waals surface area contributed by atoms with Gasteiger partial charge in [0, 0.05) is 13.2 Å². The van der Waals surface area contributed by atoms with E-state index in [2.05, 4.69) is 0 Å². The van der Waals surface area contributed by atoms with Crippen LogP contribution in [-0.2, 0) is 9.47 Å². The van der Waals surface area contributed by atoms with Crippen LogP contribution in [0.5, 0.6) is 0 Å². The molecule has 0 rings (SSSR count). The van der Waals surface area contributed by atoms with Crippen molar-refractivity contribution >= 4 is 12.2 Å². The summed E-state index contributed by atoms with van der Waals surface area (Å²) in [6.07, 6.45) is -1.54. The van der Waals surface area contributed by atoms with Gasteiger partial charge < -0.3 is 14.6 Å². The fraction of sp³-hybridized carbons (Fsp3) is 0.857. The van der Waals surface area contributed by atoms with Crippen LogP contribution in [0.3, 0.4) is 0 Å². The molecule has 0 bridgehead atoms. The maximum atomic E-state index is 12.1. The quantitative estimate of drug-likeness (QED) is 0.864. The topological polar surface area (TPSA) is 76.1 Å². The van der Waals surface area contributed by atoms with Gasteiger partial charge >= 0.3 is 12.2 Å². The van der Waals surface area contributed by atoms with Crippen molar-refractivity contribution in [3.63, 3.8) is 0 Å². The number of aliphatic hydroxyl groups excluding tert-OH is 1. The lowest BCUT2D eigenvalue weighted by Gasteiger charge is -2.29. The number of hydrogen-bond donors (Lipinski definition) is 1. The molecule has 1 unspecified atom stereocenters. The molecule has 0 aromatic heterocycles. The molecule has 0 aromatic rings. The second-order valence-corrected chi connectivity index (χ2v) is 6.86. The Morgan fingerprint density at radius 1 is 1.00 bits per heavy atom. The SMILES string of the molecule is CC(CO)CN(C(=O)OC(C)(C)C)C(=O)OC(C)(C)C. The highest BCUT2D eigenvalue weighted by atomic mass is 16.6. The van der Waals surface area contributed by atoms with E-state index in [1.165, 1.54) is 0 Å². The van der Waals surface area contributed by atoms with Crippen molar-refractivity contribution in [2.75, 3.05) is 13.2 Å². The smallest absolute Gasteiger partial charge is 0.419 e. The zero-order valence-electron chi connectivity index (χ0n) is 13.5. The molecular weight excluding hydrogens is 262 g/mol. The van der Waals surface area contributed by atoms with Crippen LogP contribution >= 0.6 is 0 Å².